The maximum Gasteiger partial charge on any atom is 0.141 e. The van der Waals surface area contributed by atoms with Crippen molar-refractivity contribution in [2.45, 2.75) is 12.5 Å². The minimum atomic E-state index is -0.318. The van der Waals surface area contributed by atoms with E-state index in [1.165, 1.54) is 12.3 Å². The fraction of sp³-hybridized carbons (Fsp3) is 0.231. The molecular formula is C13H14FN3. The molecule has 2 rings (SSSR count). The molecule has 0 saturated carbocycles. The molecule has 2 aromatic rings. The van der Waals surface area contributed by atoms with Crippen LogP contribution >= 0.6 is 0 Å². The van der Waals surface area contributed by atoms with Gasteiger partial charge in [0, 0.05) is 18.3 Å². The van der Waals surface area contributed by atoms with Crippen molar-refractivity contribution in [1.82, 2.24) is 15.3 Å². The molecule has 0 aliphatic heterocycles. The Morgan fingerprint density at radius 3 is 2.71 bits per heavy atom. The third-order valence-electron chi connectivity index (χ3n) is 2.60. The summed E-state index contributed by atoms with van der Waals surface area (Å²) < 4.78 is 12.8. The van der Waals surface area contributed by atoms with E-state index < -0.39 is 0 Å². The van der Waals surface area contributed by atoms with Crippen molar-refractivity contribution in [3.63, 3.8) is 0 Å². The van der Waals surface area contributed by atoms with Crippen LogP contribution < -0.4 is 5.32 Å². The molecule has 0 bridgehead atoms. The summed E-state index contributed by atoms with van der Waals surface area (Å²) in [6.45, 7) is 0. The van der Waals surface area contributed by atoms with Crippen molar-refractivity contribution >= 4 is 0 Å². The van der Waals surface area contributed by atoms with Crippen molar-refractivity contribution in [2.75, 3.05) is 7.05 Å². The zero-order valence-electron chi connectivity index (χ0n) is 9.60. The number of nitrogens with one attached hydrogen (secondary N) is 1. The van der Waals surface area contributed by atoms with Gasteiger partial charge in [0.1, 0.15) is 5.82 Å². The van der Waals surface area contributed by atoms with Gasteiger partial charge in [-0.15, -0.1) is 0 Å². The van der Waals surface area contributed by atoms with Gasteiger partial charge in [0.25, 0.3) is 0 Å². The van der Waals surface area contributed by atoms with Crippen LogP contribution in [0.1, 0.15) is 17.4 Å². The number of hydrogen-bond acceptors (Lipinski definition) is 3. The van der Waals surface area contributed by atoms with Gasteiger partial charge in [-0.2, -0.15) is 0 Å². The molecule has 1 N–H and O–H groups in total. The van der Waals surface area contributed by atoms with E-state index in [1.54, 1.807) is 12.3 Å². The molecule has 17 heavy (non-hydrogen) atoms. The van der Waals surface area contributed by atoms with Gasteiger partial charge in [-0.25, -0.2) is 4.39 Å². The second kappa shape index (κ2) is 5.50. The monoisotopic (exact) mass is 231 g/mol. The Kier molecular flexibility index (Phi) is 3.77. The highest BCUT2D eigenvalue weighted by atomic mass is 19.1. The van der Waals surface area contributed by atoms with Crippen LogP contribution in [0.2, 0.25) is 0 Å². The average molecular weight is 231 g/mol. The molecule has 0 aliphatic rings. The van der Waals surface area contributed by atoms with E-state index in [2.05, 4.69) is 15.3 Å². The van der Waals surface area contributed by atoms with Crippen LogP contribution in [-0.2, 0) is 6.42 Å². The molecule has 2 heterocycles. The van der Waals surface area contributed by atoms with Crippen LogP contribution in [0.15, 0.2) is 42.7 Å². The molecule has 88 valence electrons. The van der Waals surface area contributed by atoms with Gasteiger partial charge in [0.05, 0.1) is 17.9 Å². The molecule has 1 unspecified atom stereocenters. The van der Waals surface area contributed by atoms with Crippen LogP contribution in [-0.4, -0.2) is 17.0 Å². The molecule has 0 spiro atoms. The van der Waals surface area contributed by atoms with Crippen molar-refractivity contribution in [2.24, 2.45) is 0 Å². The Bertz CT molecular complexity index is 456. The average Bonchev–Trinajstić information content (AvgIpc) is 2.38. The molecule has 4 heteroatoms. The van der Waals surface area contributed by atoms with Gasteiger partial charge in [0.15, 0.2) is 0 Å². The first kappa shape index (κ1) is 11.7. The van der Waals surface area contributed by atoms with Crippen molar-refractivity contribution < 1.29 is 4.39 Å². The summed E-state index contributed by atoms with van der Waals surface area (Å²) in [4.78, 5) is 8.35. The summed E-state index contributed by atoms with van der Waals surface area (Å²) in [7, 11) is 1.86. The highest BCUT2D eigenvalue weighted by molar-refractivity contribution is 5.14. The maximum atomic E-state index is 12.8. The lowest BCUT2D eigenvalue weighted by Crippen LogP contribution is -2.20. The van der Waals surface area contributed by atoms with Gasteiger partial charge in [-0.3, -0.25) is 9.97 Å². The number of halogens is 1. The number of rotatable bonds is 4. The highest BCUT2D eigenvalue weighted by Crippen LogP contribution is 2.14. The highest BCUT2D eigenvalue weighted by Gasteiger charge is 2.11. The normalized spacial score (nSPS) is 12.4. The SMILES string of the molecule is CNC(Cc1ccccn1)c1ccc(F)cn1. The Hall–Kier alpha value is -1.81. The Morgan fingerprint density at radius 2 is 2.12 bits per heavy atom. The molecule has 0 fully saturated rings. The van der Waals surface area contributed by atoms with E-state index in [0.717, 1.165) is 17.8 Å². The molecular weight excluding hydrogens is 217 g/mol. The number of nitrogens with zero attached hydrogens (tertiary/aromatic N) is 2. The summed E-state index contributed by atoms with van der Waals surface area (Å²) in [5.41, 5.74) is 1.80. The quantitative estimate of drug-likeness (QED) is 0.875. The Balaban J connectivity index is 2.14. The number of likely N-dealkylation sites (N-methyl/N-ethyl adjacent to an activating group) is 1. The predicted molar refractivity (Wildman–Crippen MR) is 63.9 cm³/mol. The zero-order chi connectivity index (χ0) is 12.1. The third kappa shape index (κ3) is 3.07. The smallest absolute Gasteiger partial charge is 0.141 e. The lowest BCUT2D eigenvalue weighted by atomic mass is 10.1. The van der Waals surface area contributed by atoms with Crippen LogP contribution in [0.5, 0.6) is 0 Å². The van der Waals surface area contributed by atoms with E-state index in [0.29, 0.717) is 0 Å². The second-order valence-corrected chi connectivity index (χ2v) is 3.77. The number of hydrogen-bond donors (Lipinski definition) is 1. The first-order chi connectivity index (χ1) is 8.29. The lowest BCUT2D eigenvalue weighted by Gasteiger charge is -2.14. The van der Waals surface area contributed by atoms with E-state index in [9.17, 15) is 4.39 Å². The van der Waals surface area contributed by atoms with E-state index in [1.807, 2.05) is 25.2 Å². The minimum absolute atomic E-state index is 0.0468. The summed E-state index contributed by atoms with van der Waals surface area (Å²) in [6.07, 6.45) is 3.73. The maximum absolute atomic E-state index is 12.8. The molecule has 0 radical (unpaired) electrons. The zero-order valence-corrected chi connectivity index (χ0v) is 9.60. The predicted octanol–water partition coefficient (Wildman–Crippen LogP) is 2.12. The van der Waals surface area contributed by atoms with Crippen LogP contribution in [0, 0.1) is 5.82 Å². The van der Waals surface area contributed by atoms with Crippen LogP contribution in [0.4, 0.5) is 4.39 Å². The van der Waals surface area contributed by atoms with Crippen molar-refractivity contribution in [3.8, 4) is 0 Å². The number of pyridine rings is 2. The van der Waals surface area contributed by atoms with Gasteiger partial charge in [0.2, 0.25) is 0 Å². The molecule has 2 aromatic heterocycles. The van der Waals surface area contributed by atoms with Gasteiger partial charge >= 0.3 is 0 Å². The largest absolute Gasteiger partial charge is 0.311 e. The second-order valence-electron chi connectivity index (χ2n) is 3.77. The summed E-state index contributed by atoms with van der Waals surface area (Å²) in [6, 6.07) is 8.96. The van der Waals surface area contributed by atoms with Crippen LogP contribution in [0.3, 0.4) is 0 Å². The number of aromatic nitrogens is 2. The summed E-state index contributed by atoms with van der Waals surface area (Å²) >= 11 is 0. The first-order valence-corrected chi connectivity index (χ1v) is 5.48. The van der Waals surface area contributed by atoms with E-state index >= 15 is 0 Å². The molecule has 3 nitrogen and oxygen atoms in total. The van der Waals surface area contributed by atoms with Crippen molar-refractivity contribution in [3.05, 3.63) is 59.9 Å². The van der Waals surface area contributed by atoms with E-state index in [-0.39, 0.29) is 11.9 Å². The van der Waals surface area contributed by atoms with Gasteiger partial charge < -0.3 is 5.32 Å². The Labute approximate surface area is 99.7 Å². The summed E-state index contributed by atoms with van der Waals surface area (Å²) in [5, 5.41) is 3.16. The molecule has 1 atom stereocenters. The molecule has 0 amide bonds. The van der Waals surface area contributed by atoms with Crippen LogP contribution in [0.25, 0.3) is 0 Å². The van der Waals surface area contributed by atoms with Gasteiger partial charge in [-0.1, -0.05) is 6.07 Å². The van der Waals surface area contributed by atoms with E-state index in [4.69, 9.17) is 0 Å². The molecule has 0 aromatic carbocycles. The minimum Gasteiger partial charge on any atom is -0.311 e. The summed E-state index contributed by atoms with van der Waals surface area (Å²) in [5.74, 6) is -0.318. The fourth-order valence-electron chi connectivity index (χ4n) is 1.68. The molecule has 0 aliphatic carbocycles. The molecule has 0 saturated heterocycles. The van der Waals surface area contributed by atoms with Crippen molar-refractivity contribution in [1.29, 1.82) is 0 Å². The standard InChI is InChI=1S/C13H14FN3/c1-15-13(8-11-4-2-3-7-16-11)12-6-5-10(14)9-17-12/h2-7,9,13,15H,8H2,1H3. The topological polar surface area (TPSA) is 37.8 Å². The first-order valence-electron chi connectivity index (χ1n) is 5.48. The third-order valence-corrected chi connectivity index (χ3v) is 2.60. The van der Waals surface area contributed by atoms with Gasteiger partial charge in [-0.05, 0) is 31.3 Å². The lowest BCUT2D eigenvalue weighted by molar-refractivity contribution is 0.560. The Morgan fingerprint density at radius 1 is 1.24 bits per heavy atom. The fourth-order valence-corrected chi connectivity index (χ4v) is 1.68.